The SMILES string of the molecule is CNCc1ccnc(N2CCCCCC2C)c1F. The van der Waals surface area contributed by atoms with Crippen molar-refractivity contribution in [2.75, 3.05) is 18.5 Å². The predicted octanol–water partition coefficient (Wildman–Crippen LogP) is 2.71. The van der Waals surface area contributed by atoms with Crippen LogP contribution >= 0.6 is 0 Å². The van der Waals surface area contributed by atoms with E-state index in [1.807, 2.05) is 7.05 Å². The van der Waals surface area contributed by atoms with Crippen LogP contribution in [0.4, 0.5) is 10.2 Å². The first kappa shape index (κ1) is 13.3. The van der Waals surface area contributed by atoms with E-state index in [-0.39, 0.29) is 5.82 Å². The van der Waals surface area contributed by atoms with Crippen molar-refractivity contribution < 1.29 is 4.39 Å². The molecular weight excluding hydrogens is 229 g/mol. The maximum Gasteiger partial charge on any atom is 0.170 e. The van der Waals surface area contributed by atoms with E-state index < -0.39 is 0 Å². The molecule has 1 aromatic rings. The minimum atomic E-state index is -0.166. The Balaban J connectivity index is 2.28. The van der Waals surface area contributed by atoms with E-state index in [1.54, 1.807) is 12.3 Å². The number of pyridine rings is 1. The average Bonchev–Trinajstić information content (AvgIpc) is 2.57. The predicted molar refractivity (Wildman–Crippen MR) is 72.2 cm³/mol. The van der Waals surface area contributed by atoms with Crippen LogP contribution in [0.2, 0.25) is 0 Å². The summed E-state index contributed by atoms with van der Waals surface area (Å²) in [4.78, 5) is 6.39. The Labute approximate surface area is 108 Å². The zero-order valence-corrected chi connectivity index (χ0v) is 11.2. The Kier molecular flexibility index (Phi) is 4.53. The molecule has 2 rings (SSSR count). The Morgan fingerprint density at radius 3 is 3.06 bits per heavy atom. The van der Waals surface area contributed by atoms with Crippen LogP contribution in [-0.2, 0) is 6.54 Å². The summed E-state index contributed by atoms with van der Waals surface area (Å²) in [6, 6.07) is 2.12. The zero-order valence-electron chi connectivity index (χ0n) is 11.2. The highest BCUT2D eigenvalue weighted by molar-refractivity contribution is 5.44. The minimum absolute atomic E-state index is 0.166. The minimum Gasteiger partial charge on any atom is -0.351 e. The summed E-state index contributed by atoms with van der Waals surface area (Å²) >= 11 is 0. The second-order valence-corrected chi connectivity index (χ2v) is 5.03. The summed E-state index contributed by atoms with van der Waals surface area (Å²) in [6.45, 7) is 3.62. The van der Waals surface area contributed by atoms with E-state index in [2.05, 4.69) is 22.1 Å². The molecule has 0 aliphatic carbocycles. The summed E-state index contributed by atoms with van der Waals surface area (Å²) in [5, 5.41) is 2.99. The molecule has 0 spiro atoms. The molecule has 1 atom stereocenters. The van der Waals surface area contributed by atoms with Crippen LogP contribution in [0.25, 0.3) is 0 Å². The maximum atomic E-state index is 14.4. The molecule has 0 amide bonds. The van der Waals surface area contributed by atoms with Gasteiger partial charge in [-0.25, -0.2) is 9.37 Å². The number of halogens is 1. The van der Waals surface area contributed by atoms with E-state index in [0.717, 1.165) is 19.4 Å². The Morgan fingerprint density at radius 2 is 2.28 bits per heavy atom. The molecule has 0 radical (unpaired) electrons. The van der Waals surface area contributed by atoms with Gasteiger partial charge in [0, 0.05) is 30.9 Å². The van der Waals surface area contributed by atoms with Crippen molar-refractivity contribution in [2.24, 2.45) is 0 Å². The summed E-state index contributed by atoms with van der Waals surface area (Å²) in [5.74, 6) is 0.359. The first-order valence-corrected chi connectivity index (χ1v) is 6.78. The van der Waals surface area contributed by atoms with Crippen LogP contribution in [0.3, 0.4) is 0 Å². The third-order valence-corrected chi connectivity index (χ3v) is 3.64. The van der Waals surface area contributed by atoms with Gasteiger partial charge in [-0.3, -0.25) is 0 Å². The number of nitrogens with zero attached hydrogens (tertiary/aromatic N) is 2. The lowest BCUT2D eigenvalue weighted by Gasteiger charge is -2.29. The van der Waals surface area contributed by atoms with Gasteiger partial charge in [-0.2, -0.15) is 0 Å². The van der Waals surface area contributed by atoms with Gasteiger partial charge in [0.15, 0.2) is 11.6 Å². The molecule has 18 heavy (non-hydrogen) atoms. The Morgan fingerprint density at radius 1 is 1.44 bits per heavy atom. The number of aromatic nitrogens is 1. The summed E-state index contributed by atoms with van der Waals surface area (Å²) in [6.07, 6.45) is 6.43. The largest absolute Gasteiger partial charge is 0.351 e. The van der Waals surface area contributed by atoms with Crippen molar-refractivity contribution in [2.45, 2.75) is 45.2 Å². The normalized spacial score (nSPS) is 20.8. The first-order valence-electron chi connectivity index (χ1n) is 6.78. The molecule has 1 N–H and O–H groups in total. The average molecular weight is 251 g/mol. The van der Waals surface area contributed by atoms with Crippen molar-refractivity contribution in [1.82, 2.24) is 10.3 Å². The molecular formula is C14H22FN3. The van der Waals surface area contributed by atoms with Gasteiger partial charge in [-0.1, -0.05) is 12.8 Å². The van der Waals surface area contributed by atoms with Gasteiger partial charge in [-0.15, -0.1) is 0 Å². The van der Waals surface area contributed by atoms with Gasteiger partial charge in [0.1, 0.15) is 0 Å². The van der Waals surface area contributed by atoms with Gasteiger partial charge in [-0.05, 0) is 32.9 Å². The fourth-order valence-electron chi connectivity index (χ4n) is 2.59. The topological polar surface area (TPSA) is 28.2 Å². The van der Waals surface area contributed by atoms with Crippen LogP contribution in [0, 0.1) is 5.82 Å². The fourth-order valence-corrected chi connectivity index (χ4v) is 2.59. The van der Waals surface area contributed by atoms with Gasteiger partial charge in [0.25, 0.3) is 0 Å². The van der Waals surface area contributed by atoms with Crippen molar-refractivity contribution >= 4 is 5.82 Å². The molecule has 2 heterocycles. The van der Waals surface area contributed by atoms with Crippen LogP contribution in [-0.4, -0.2) is 24.6 Å². The van der Waals surface area contributed by atoms with Crippen LogP contribution in [0.15, 0.2) is 12.3 Å². The maximum absolute atomic E-state index is 14.4. The second-order valence-electron chi connectivity index (χ2n) is 5.03. The molecule has 1 saturated heterocycles. The number of nitrogens with one attached hydrogen (secondary N) is 1. The zero-order chi connectivity index (χ0) is 13.0. The van der Waals surface area contributed by atoms with Crippen molar-refractivity contribution in [3.05, 3.63) is 23.6 Å². The monoisotopic (exact) mass is 251 g/mol. The smallest absolute Gasteiger partial charge is 0.170 e. The van der Waals surface area contributed by atoms with Crippen molar-refractivity contribution in [3.63, 3.8) is 0 Å². The van der Waals surface area contributed by atoms with Gasteiger partial charge >= 0.3 is 0 Å². The van der Waals surface area contributed by atoms with Crippen molar-refractivity contribution in [3.8, 4) is 0 Å². The molecule has 1 aliphatic rings. The third kappa shape index (κ3) is 2.80. The Bertz CT molecular complexity index is 395. The molecule has 100 valence electrons. The highest BCUT2D eigenvalue weighted by Crippen LogP contribution is 2.26. The van der Waals surface area contributed by atoms with E-state index >= 15 is 0 Å². The summed E-state index contributed by atoms with van der Waals surface area (Å²) < 4.78 is 14.4. The van der Waals surface area contributed by atoms with E-state index in [0.29, 0.717) is 24.0 Å². The van der Waals surface area contributed by atoms with Crippen LogP contribution < -0.4 is 10.2 Å². The lowest BCUT2D eigenvalue weighted by molar-refractivity contribution is 0.558. The molecule has 1 fully saturated rings. The molecule has 3 nitrogen and oxygen atoms in total. The molecule has 0 bridgehead atoms. The van der Waals surface area contributed by atoms with E-state index in [4.69, 9.17) is 0 Å². The van der Waals surface area contributed by atoms with Gasteiger partial charge in [0.05, 0.1) is 0 Å². The number of hydrogen-bond acceptors (Lipinski definition) is 3. The molecule has 1 aromatic heterocycles. The molecule has 1 unspecified atom stereocenters. The third-order valence-electron chi connectivity index (χ3n) is 3.64. The molecule has 0 aromatic carbocycles. The standard InChI is InChI=1S/C14H22FN3/c1-11-6-4-3-5-9-18(11)14-13(15)12(10-16-2)7-8-17-14/h7-8,11,16H,3-6,9-10H2,1-2H3. The van der Waals surface area contributed by atoms with Crippen LogP contribution in [0.5, 0.6) is 0 Å². The van der Waals surface area contributed by atoms with Crippen molar-refractivity contribution in [1.29, 1.82) is 0 Å². The lowest BCUT2D eigenvalue weighted by Crippen LogP contribution is -2.34. The quantitative estimate of drug-likeness (QED) is 0.895. The van der Waals surface area contributed by atoms with E-state index in [1.165, 1.54) is 12.8 Å². The van der Waals surface area contributed by atoms with E-state index in [9.17, 15) is 4.39 Å². The lowest BCUT2D eigenvalue weighted by atomic mass is 10.1. The summed E-state index contributed by atoms with van der Waals surface area (Å²) in [5.41, 5.74) is 0.693. The number of rotatable bonds is 3. The molecule has 0 saturated carbocycles. The van der Waals surface area contributed by atoms with Gasteiger partial charge < -0.3 is 10.2 Å². The number of hydrogen-bond donors (Lipinski definition) is 1. The summed E-state index contributed by atoms with van der Waals surface area (Å²) in [7, 11) is 1.83. The Hall–Kier alpha value is -1.16. The van der Waals surface area contributed by atoms with Gasteiger partial charge in [0.2, 0.25) is 0 Å². The highest BCUT2D eigenvalue weighted by Gasteiger charge is 2.22. The number of anilines is 1. The first-order chi connectivity index (χ1) is 8.74. The molecule has 1 aliphatic heterocycles. The fraction of sp³-hybridized carbons (Fsp3) is 0.643. The highest BCUT2D eigenvalue weighted by atomic mass is 19.1. The van der Waals surface area contributed by atoms with Crippen LogP contribution in [0.1, 0.15) is 38.2 Å². The molecule has 4 heteroatoms. The second kappa shape index (κ2) is 6.14.